The molecule has 0 fully saturated rings. The van der Waals surface area contributed by atoms with E-state index in [4.69, 9.17) is 16.2 Å². The van der Waals surface area contributed by atoms with E-state index in [0.717, 1.165) is 5.56 Å². The van der Waals surface area contributed by atoms with Gasteiger partial charge in [0.15, 0.2) is 11.6 Å². The van der Waals surface area contributed by atoms with Crippen LogP contribution in [0, 0.1) is 0 Å². The van der Waals surface area contributed by atoms with Crippen LogP contribution in [0.4, 0.5) is 5.69 Å². The molecular weight excluding hydrogens is 292 g/mol. The highest BCUT2D eigenvalue weighted by atomic mass is 16.5. The molecule has 1 amide bonds. The van der Waals surface area contributed by atoms with Crippen LogP contribution in [0.2, 0.25) is 0 Å². The number of nitrogens with zero attached hydrogens (tertiary/aromatic N) is 1. The smallest absolute Gasteiger partial charge is 0.253 e. The Bertz CT molecular complexity index is 726. The number of carbonyl (C=O) groups excluding carboxylic acids is 1. The van der Waals surface area contributed by atoms with E-state index < -0.39 is 0 Å². The minimum absolute atomic E-state index is 0.0922. The van der Waals surface area contributed by atoms with Crippen LogP contribution in [-0.4, -0.2) is 11.9 Å². The van der Waals surface area contributed by atoms with Crippen molar-refractivity contribution in [3.8, 4) is 5.75 Å². The Morgan fingerprint density at radius 1 is 1.13 bits per heavy atom. The summed E-state index contributed by atoms with van der Waals surface area (Å²) >= 11 is 0. The molecule has 23 heavy (non-hydrogen) atoms. The van der Waals surface area contributed by atoms with E-state index >= 15 is 0 Å². The Labute approximate surface area is 134 Å². The fourth-order valence-corrected chi connectivity index (χ4v) is 1.85. The van der Waals surface area contributed by atoms with Crippen LogP contribution in [0.5, 0.6) is 5.75 Å². The number of nitrogens with two attached hydrogens (primary N) is 2. The normalized spacial score (nSPS) is 10.9. The van der Waals surface area contributed by atoms with Gasteiger partial charge in [0, 0.05) is 0 Å². The zero-order valence-electron chi connectivity index (χ0n) is 12.5. The minimum atomic E-state index is -0.367. The Morgan fingerprint density at radius 3 is 2.48 bits per heavy atom. The summed E-state index contributed by atoms with van der Waals surface area (Å²) in [6.45, 7) is 3.66. The van der Waals surface area contributed by atoms with Gasteiger partial charge >= 0.3 is 0 Å². The van der Waals surface area contributed by atoms with E-state index in [1.165, 1.54) is 0 Å². The summed E-state index contributed by atoms with van der Waals surface area (Å²) in [6.07, 6.45) is 0.169. The van der Waals surface area contributed by atoms with Gasteiger partial charge < -0.3 is 16.2 Å². The molecule has 0 unspecified atom stereocenters. The molecule has 0 aliphatic carbocycles. The monoisotopic (exact) mass is 310 g/mol. The predicted molar refractivity (Wildman–Crippen MR) is 90.5 cm³/mol. The number of amides is 1. The van der Waals surface area contributed by atoms with E-state index in [9.17, 15) is 4.79 Å². The second-order valence-electron chi connectivity index (χ2n) is 4.74. The van der Waals surface area contributed by atoms with E-state index in [1.807, 2.05) is 30.3 Å². The maximum Gasteiger partial charge on any atom is 0.253 e. The van der Waals surface area contributed by atoms with Crippen molar-refractivity contribution in [1.82, 2.24) is 5.32 Å². The Balaban J connectivity index is 1.90. The fourth-order valence-electron chi connectivity index (χ4n) is 1.85. The second-order valence-corrected chi connectivity index (χ2v) is 4.74. The zero-order chi connectivity index (χ0) is 16.7. The van der Waals surface area contributed by atoms with Crippen LogP contribution < -0.4 is 21.5 Å². The van der Waals surface area contributed by atoms with Crippen LogP contribution in [0.25, 0.3) is 0 Å². The van der Waals surface area contributed by atoms with Gasteiger partial charge in [-0.2, -0.15) is 4.99 Å². The summed E-state index contributed by atoms with van der Waals surface area (Å²) in [4.78, 5) is 15.6. The number of rotatable bonds is 5. The number of aliphatic imine (C=N–C) groups is 1. The van der Waals surface area contributed by atoms with Gasteiger partial charge in [-0.05, 0) is 24.3 Å². The molecule has 118 valence electrons. The number of ether oxygens (including phenoxy) is 1. The molecule has 0 aliphatic rings. The molecule has 0 atom stereocenters. The lowest BCUT2D eigenvalue weighted by Crippen LogP contribution is -2.33. The number of guanidine groups is 1. The van der Waals surface area contributed by atoms with Gasteiger partial charge in [-0.25, -0.2) is 0 Å². The molecule has 0 spiro atoms. The molecule has 6 heteroatoms. The molecule has 6 nitrogen and oxygen atoms in total. The highest BCUT2D eigenvalue weighted by molar-refractivity contribution is 5.93. The standard InChI is InChI=1S/C17H18N4O2/c1-12(23-15-10-6-5-9-14(15)18)20-17(19)21-16(22)11-13-7-3-2-4-8-13/h2-10H,1,11,18H2,(H3,19,20,21,22). The van der Waals surface area contributed by atoms with Gasteiger partial charge in [-0.15, -0.1) is 0 Å². The SMILES string of the molecule is C=C(N/C(N)=N/C(=O)Cc1ccccc1)Oc1ccccc1N. The number of nitrogen functional groups attached to an aromatic ring is 1. The lowest BCUT2D eigenvalue weighted by atomic mass is 10.1. The molecule has 0 aliphatic heterocycles. The summed E-state index contributed by atoms with van der Waals surface area (Å²) in [6, 6.07) is 16.2. The van der Waals surface area contributed by atoms with Crippen LogP contribution in [0.3, 0.4) is 0 Å². The van der Waals surface area contributed by atoms with E-state index in [2.05, 4.69) is 16.9 Å². The number of hydrogen-bond donors (Lipinski definition) is 3. The number of carbonyl (C=O) groups is 1. The van der Waals surface area contributed by atoms with Gasteiger partial charge in [-0.1, -0.05) is 42.5 Å². The number of anilines is 1. The van der Waals surface area contributed by atoms with Crippen LogP contribution in [-0.2, 0) is 11.2 Å². The number of benzene rings is 2. The average Bonchev–Trinajstić information content (AvgIpc) is 2.50. The summed E-state index contributed by atoms with van der Waals surface area (Å²) < 4.78 is 5.41. The first-order valence-corrected chi connectivity index (χ1v) is 6.94. The highest BCUT2D eigenvalue weighted by Crippen LogP contribution is 2.20. The van der Waals surface area contributed by atoms with Crippen molar-refractivity contribution in [3.05, 3.63) is 72.6 Å². The molecule has 0 bridgehead atoms. The first kappa shape index (κ1) is 16.1. The molecule has 0 radical (unpaired) electrons. The molecule has 2 rings (SSSR count). The molecule has 2 aromatic carbocycles. The van der Waals surface area contributed by atoms with Gasteiger partial charge in [0.1, 0.15) is 0 Å². The molecule has 2 aromatic rings. The van der Waals surface area contributed by atoms with Crippen molar-refractivity contribution >= 4 is 17.6 Å². The number of hydrogen-bond acceptors (Lipinski definition) is 3. The fraction of sp³-hybridized carbons (Fsp3) is 0.0588. The topological polar surface area (TPSA) is 103 Å². The van der Waals surface area contributed by atoms with Crippen molar-refractivity contribution in [2.24, 2.45) is 10.7 Å². The third-order valence-electron chi connectivity index (χ3n) is 2.86. The molecule has 0 aromatic heterocycles. The molecule has 5 N–H and O–H groups in total. The van der Waals surface area contributed by atoms with Gasteiger partial charge in [0.05, 0.1) is 12.1 Å². The Hall–Kier alpha value is -3.28. The number of nitrogens with one attached hydrogen (secondary N) is 1. The summed E-state index contributed by atoms with van der Waals surface area (Å²) in [5.41, 5.74) is 12.7. The van der Waals surface area contributed by atoms with E-state index in [-0.39, 0.29) is 24.2 Å². The van der Waals surface area contributed by atoms with Crippen molar-refractivity contribution in [1.29, 1.82) is 0 Å². The largest absolute Gasteiger partial charge is 0.439 e. The zero-order valence-corrected chi connectivity index (χ0v) is 12.5. The summed E-state index contributed by atoms with van der Waals surface area (Å²) in [7, 11) is 0. The highest BCUT2D eigenvalue weighted by Gasteiger charge is 2.06. The maximum absolute atomic E-state index is 11.8. The molecule has 0 saturated carbocycles. The maximum atomic E-state index is 11.8. The van der Waals surface area contributed by atoms with Crippen molar-refractivity contribution in [3.63, 3.8) is 0 Å². The van der Waals surface area contributed by atoms with Crippen molar-refractivity contribution < 1.29 is 9.53 Å². The Morgan fingerprint density at radius 2 is 1.78 bits per heavy atom. The summed E-state index contributed by atoms with van der Waals surface area (Å²) in [5, 5.41) is 2.61. The minimum Gasteiger partial charge on any atom is -0.439 e. The molecule has 0 saturated heterocycles. The first-order chi connectivity index (χ1) is 11.0. The quantitative estimate of drug-likeness (QED) is 0.338. The van der Waals surface area contributed by atoms with Crippen molar-refractivity contribution in [2.45, 2.75) is 6.42 Å². The Kier molecular flexibility index (Phi) is 5.35. The summed E-state index contributed by atoms with van der Waals surface area (Å²) in [5.74, 6) is 0.101. The van der Waals surface area contributed by atoms with Gasteiger partial charge in [0.2, 0.25) is 5.96 Å². The molecule has 0 heterocycles. The van der Waals surface area contributed by atoms with Gasteiger partial charge in [0.25, 0.3) is 5.91 Å². The second kappa shape index (κ2) is 7.65. The average molecular weight is 310 g/mol. The first-order valence-electron chi connectivity index (χ1n) is 6.94. The van der Waals surface area contributed by atoms with Crippen molar-refractivity contribution in [2.75, 3.05) is 5.73 Å². The lowest BCUT2D eigenvalue weighted by Gasteiger charge is -2.11. The third-order valence-corrected chi connectivity index (χ3v) is 2.86. The van der Waals surface area contributed by atoms with Gasteiger partial charge in [-0.3, -0.25) is 10.1 Å². The van der Waals surface area contributed by atoms with Crippen LogP contribution in [0.15, 0.2) is 72.1 Å². The lowest BCUT2D eigenvalue weighted by molar-refractivity contribution is -0.117. The van der Waals surface area contributed by atoms with Crippen LogP contribution in [0.1, 0.15) is 5.56 Å². The van der Waals surface area contributed by atoms with Crippen LogP contribution >= 0.6 is 0 Å². The van der Waals surface area contributed by atoms with E-state index in [1.54, 1.807) is 24.3 Å². The number of para-hydroxylation sites is 2. The molecular formula is C17H18N4O2. The predicted octanol–water partition coefficient (Wildman–Crippen LogP) is 1.79. The van der Waals surface area contributed by atoms with E-state index in [0.29, 0.717) is 11.4 Å². The third kappa shape index (κ3) is 5.20.